The topological polar surface area (TPSA) is 0 Å². The summed E-state index contributed by atoms with van der Waals surface area (Å²) in [5.74, 6) is 0. The molecule has 0 aromatic heterocycles. The van der Waals surface area contributed by atoms with Gasteiger partial charge in [-0.25, -0.2) is 0 Å². The number of benzene rings is 3. The van der Waals surface area contributed by atoms with Gasteiger partial charge in [-0.1, -0.05) is 91.7 Å². The quantitative estimate of drug-likeness (QED) is 0.493. The second-order valence-electron chi connectivity index (χ2n) is 6.24. The van der Waals surface area contributed by atoms with E-state index >= 15 is 0 Å². The molecule has 0 amide bonds. The molecule has 0 aliphatic carbocycles. The number of hydrogen-bond donors (Lipinski definition) is 0. The Kier molecular flexibility index (Phi) is 4.92. The van der Waals surface area contributed by atoms with Gasteiger partial charge in [-0.2, -0.15) is 0 Å². The SMILES string of the molecule is CCCCc1ccc(-c2ccc(-c3ccc(C)cc3)cc2)cc1. The van der Waals surface area contributed by atoms with Gasteiger partial charge >= 0.3 is 0 Å². The van der Waals surface area contributed by atoms with E-state index < -0.39 is 0 Å². The summed E-state index contributed by atoms with van der Waals surface area (Å²) in [7, 11) is 0. The highest BCUT2D eigenvalue weighted by molar-refractivity contribution is 5.70. The molecule has 3 aromatic rings. The van der Waals surface area contributed by atoms with E-state index in [4.69, 9.17) is 0 Å². The lowest BCUT2D eigenvalue weighted by Crippen LogP contribution is -1.85. The fourth-order valence-electron chi connectivity index (χ4n) is 2.85. The molecule has 0 bridgehead atoms. The number of rotatable bonds is 5. The summed E-state index contributed by atoms with van der Waals surface area (Å²) in [6.07, 6.45) is 3.70. The fourth-order valence-corrected chi connectivity index (χ4v) is 2.85. The zero-order valence-corrected chi connectivity index (χ0v) is 14.0. The summed E-state index contributed by atoms with van der Waals surface area (Å²) in [4.78, 5) is 0. The van der Waals surface area contributed by atoms with Crippen LogP contribution in [0, 0.1) is 6.92 Å². The third-order valence-electron chi connectivity index (χ3n) is 4.38. The molecule has 3 rings (SSSR count). The molecular formula is C23H24. The first kappa shape index (κ1) is 15.6. The second-order valence-corrected chi connectivity index (χ2v) is 6.24. The van der Waals surface area contributed by atoms with Crippen LogP contribution in [0.3, 0.4) is 0 Å². The largest absolute Gasteiger partial charge is 0.0654 e. The molecule has 0 heteroatoms. The van der Waals surface area contributed by atoms with Crippen LogP contribution in [0.1, 0.15) is 30.9 Å². The molecule has 0 unspecified atom stereocenters. The summed E-state index contributed by atoms with van der Waals surface area (Å²) in [5, 5.41) is 0. The maximum atomic E-state index is 2.26. The van der Waals surface area contributed by atoms with Crippen molar-refractivity contribution >= 4 is 0 Å². The summed E-state index contributed by atoms with van der Waals surface area (Å²) in [5.41, 5.74) is 7.86. The van der Waals surface area contributed by atoms with Crippen molar-refractivity contribution in [2.75, 3.05) is 0 Å². The lowest BCUT2D eigenvalue weighted by molar-refractivity contribution is 0.795. The monoisotopic (exact) mass is 300 g/mol. The molecule has 0 atom stereocenters. The van der Waals surface area contributed by atoms with Gasteiger partial charge in [0.25, 0.3) is 0 Å². The van der Waals surface area contributed by atoms with Crippen LogP contribution in [-0.4, -0.2) is 0 Å². The van der Waals surface area contributed by atoms with Gasteiger partial charge in [0.05, 0.1) is 0 Å². The van der Waals surface area contributed by atoms with E-state index in [9.17, 15) is 0 Å². The summed E-state index contributed by atoms with van der Waals surface area (Å²) >= 11 is 0. The predicted molar refractivity (Wildman–Crippen MR) is 101 cm³/mol. The minimum atomic E-state index is 1.18. The number of unbranched alkanes of at least 4 members (excludes halogenated alkanes) is 1. The van der Waals surface area contributed by atoms with Crippen LogP contribution in [0.4, 0.5) is 0 Å². The molecule has 116 valence electrons. The Bertz CT molecular complexity index is 732. The average molecular weight is 300 g/mol. The molecule has 0 spiro atoms. The van der Waals surface area contributed by atoms with E-state index in [0.29, 0.717) is 0 Å². The number of hydrogen-bond acceptors (Lipinski definition) is 0. The Hall–Kier alpha value is -2.34. The molecule has 0 saturated carbocycles. The highest BCUT2D eigenvalue weighted by atomic mass is 14.1. The first-order chi connectivity index (χ1) is 11.3. The van der Waals surface area contributed by atoms with Crippen molar-refractivity contribution in [3.8, 4) is 22.3 Å². The molecule has 0 aliphatic heterocycles. The molecule has 0 radical (unpaired) electrons. The van der Waals surface area contributed by atoms with Crippen LogP contribution in [-0.2, 0) is 6.42 Å². The van der Waals surface area contributed by atoms with Gasteiger partial charge in [-0.05, 0) is 47.6 Å². The van der Waals surface area contributed by atoms with Crippen molar-refractivity contribution in [2.45, 2.75) is 33.1 Å². The van der Waals surface area contributed by atoms with Crippen LogP contribution in [0.2, 0.25) is 0 Å². The smallest absolute Gasteiger partial charge is 0.0184 e. The van der Waals surface area contributed by atoms with E-state index in [2.05, 4.69) is 86.6 Å². The Morgan fingerprint density at radius 1 is 0.565 bits per heavy atom. The van der Waals surface area contributed by atoms with Crippen molar-refractivity contribution in [1.29, 1.82) is 0 Å². The van der Waals surface area contributed by atoms with Crippen molar-refractivity contribution in [2.24, 2.45) is 0 Å². The number of aryl methyl sites for hydroxylation is 2. The van der Waals surface area contributed by atoms with Crippen LogP contribution in [0.25, 0.3) is 22.3 Å². The lowest BCUT2D eigenvalue weighted by Gasteiger charge is -2.07. The van der Waals surface area contributed by atoms with E-state index in [0.717, 1.165) is 0 Å². The first-order valence-corrected chi connectivity index (χ1v) is 8.52. The lowest BCUT2D eigenvalue weighted by atomic mass is 9.98. The minimum absolute atomic E-state index is 1.18. The molecule has 0 heterocycles. The molecule has 0 N–H and O–H groups in total. The fraction of sp³-hybridized carbons (Fsp3) is 0.217. The minimum Gasteiger partial charge on any atom is -0.0654 e. The summed E-state index contributed by atoms with van der Waals surface area (Å²) in [6, 6.07) is 26.6. The van der Waals surface area contributed by atoms with Crippen molar-refractivity contribution in [1.82, 2.24) is 0 Å². The molecule has 0 fully saturated rings. The molecule has 23 heavy (non-hydrogen) atoms. The van der Waals surface area contributed by atoms with Crippen LogP contribution >= 0.6 is 0 Å². The Balaban J connectivity index is 1.77. The van der Waals surface area contributed by atoms with Crippen molar-refractivity contribution in [3.63, 3.8) is 0 Å². The van der Waals surface area contributed by atoms with Gasteiger partial charge in [0, 0.05) is 0 Å². The van der Waals surface area contributed by atoms with E-state index in [1.54, 1.807) is 0 Å². The van der Waals surface area contributed by atoms with E-state index in [1.165, 1.54) is 52.6 Å². The van der Waals surface area contributed by atoms with Gasteiger partial charge in [0.15, 0.2) is 0 Å². The first-order valence-electron chi connectivity index (χ1n) is 8.52. The third kappa shape index (κ3) is 3.90. The van der Waals surface area contributed by atoms with Crippen molar-refractivity contribution < 1.29 is 0 Å². The van der Waals surface area contributed by atoms with Gasteiger partial charge in [0.1, 0.15) is 0 Å². The normalized spacial score (nSPS) is 10.7. The predicted octanol–water partition coefficient (Wildman–Crippen LogP) is 6.67. The molecule has 0 nitrogen and oxygen atoms in total. The third-order valence-corrected chi connectivity index (χ3v) is 4.38. The van der Waals surface area contributed by atoms with E-state index in [1.807, 2.05) is 0 Å². The highest BCUT2D eigenvalue weighted by Crippen LogP contribution is 2.25. The van der Waals surface area contributed by atoms with Crippen LogP contribution < -0.4 is 0 Å². The van der Waals surface area contributed by atoms with Gasteiger partial charge in [0.2, 0.25) is 0 Å². The maximum absolute atomic E-state index is 2.26. The molecule has 3 aromatic carbocycles. The Morgan fingerprint density at radius 2 is 0.957 bits per heavy atom. The van der Waals surface area contributed by atoms with E-state index in [-0.39, 0.29) is 0 Å². The molecule has 0 saturated heterocycles. The Labute approximate surface area is 139 Å². The van der Waals surface area contributed by atoms with Gasteiger partial charge in [-0.3, -0.25) is 0 Å². The van der Waals surface area contributed by atoms with Gasteiger partial charge < -0.3 is 0 Å². The summed E-state index contributed by atoms with van der Waals surface area (Å²) in [6.45, 7) is 4.36. The average Bonchev–Trinajstić information content (AvgIpc) is 2.61. The van der Waals surface area contributed by atoms with Crippen LogP contribution in [0.5, 0.6) is 0 Å². The Morgan fingerprint density at radius 3 is 1.39 bits per heavy atom. The highest BCUT2D eigenvalue weighted by Gasteiger charge is 2.01. The zero-order valence-electron chi connectivity index (χ0n) is 14.0. The standard InChI is InChI=1S/C23H24/c1-3-4-5-19-8-12-21(13-9-19)23-16-14-22(15-17-23)20-10-6-18(2)7-11-20/h6-17H,3-5H2,1-2H3. The molecule has 0 aliphatic rings. The van der Waals surface area contributed by atoms with Gasteiger partial charge in [-0.15, -0.1) is 0 Å². The second kappa shape index (κ2) is 7.28. The molecular weight excluding hydrogens is 276 g/mol. The maximum Gasteiger partial charge on any atom is -0.0184 e. The van der Waals surface area contributed by atoms with Crippen molar-refractivity contribution in [3.05, 3.63) is 83.9 Å². The summed E-state index contributed by atoms with van der Waals surface area (Å²) < 4.78 is 0. The zero-order chi connectivity index (χ0) is 16.1. The van der Waals surface area contributed by atoms with Crippen LogP contribution in [0.15, 0.2) is 72.8 Å².